The SMILES string of the molecule is CC(C)c1cccc(-c2ccc(C(=O)N[C@@H]3C=C[C@H](CO)C3)o2)c1. The van der Waals surface area contributed by atoms with Crippen molar-refractivity contribution in [2.45, 2.75) is 32.2 Å². The van der Waals surface area contributed by atoms with Crippen molar-refractivity contribution in [1.29, 1.82) is 0 Å². The molecule has 3 rings (SSSR count). The van der Waals surface area contributed by atoms with E-state index >= 15 is 0 Å². The fourth-order valence-electron chi connectivity index (χ4n) is 2.92. The maximum Gasteiger partial charge on any atom is 0.287 e. The summed E-state index contributed by atoms with van der Waals surface area (Å²) in [6, 6.07) is 11.7. The molecule has 2 atom stereocenters. The molecule has 1 aliphatic rings. The predicted molar refractivity (Wildman–Crippen MR) is 93.8 cm³/mol. The van der Waals surface area contributed by atoms with E-state index in [1.807, 2.05) is 30.4 Å². The van der Waals surface area contributed by atoms with Gasteiger partial charge in [-0.2, -0.15) is 0 Å². The van der Waals surface area contributed by atoms with Gasteiger partial charge in [-0.25, -0.2) is 0 Å². The lowest BCUT2D eigenvalue weighted by atomic mass is 10.0. The standard InChI is InChI=1S/C20H23NO3/c1-13(2)15-4-3-5-16(11-15)18-8-9-19(24-18)20(23)21-17-7-6-14(10-17)12-22/h3-9,11,13-14,17,22H,10,12H2,1-2H3,(H,21,23)/t14-,17+/m0/s1. The van der Waals surface area contributed by atoms with Gasteiger partial charge in [0.2, 0.25) is 0 Å². The van der Waals surface area contributed by atoms with Gasteiger partial charge in [0.25, 0.3) is 5.91 Å². The van der Waals surface area contributed by atoms with Gasteiger partial charge >= 0.3 is 0 Å². The van der Waals surface area contributed by atoms with Crippen molar-refractivity contribution in [3.8, 4) is 11.3 Å². The maximum absolute atomic E-state index is 12.3. The molecule has 1 heterocycles. The molecule has 1 aromatic carbocycles. The predicted octanol–water partition coefficient (Wildman–Crippen LogP) is 3.74. The van der Waals surface area contributed by atoms with Gasteiger partial charge in [0.05, 0.1) is 0 Å². The maximum atomic E-state index is 12.3. The highest BCUT2D eigenvalue weighted by molar-refractivity contribution is 5.92. The minimum atomic E-state index is -0.227. The molecule has 4 nitrogen and oxygen atoms in total. The molecule has 1 amide bonds. The second-order valence-electron chi connectivity index (χ2n) is 6.59. The van der Waals surface area contributed by atoms with E-state index in [4.69, 9.17) is 9.52 Å². The first-order valence-electron chi connectivity index (χ1n) is 8.37. The fraction of sp³-hybridized carbons (Fsp3) is 0.350. The molecule has 126 valence electrons. The van der Waals surface area contributed by atoms with Crippen molar-refractivity contribution >= 4 is 5.91 Å². The molecule has 0 saturated carbocycles. The molecule has 0 fully saturated rings. The summed E-state index contributed by atoms with van der Waals surface area (Å²) >= 11 is 0. The number of benzene rings is 1. The van der Waals surface area contributed by atoms with Crippen molar-refractivity contribution in [1.82, 2.24) is 5.32 Å². The minimum Gasteiger partial charge on any atom is -0.451 e. The van der Waals surface area contributed by atoms with Crippen molar-refractivity contribution < 1.29 is 14.3 Å². The summed E-state index contributed by atoms with van der Waals surface area (Å²) in [4.78, 5) is 12.3. The number of hydrogen-bond donors (Lipinski definition) is 2. The number of carbonyl (C=O) groups excluding carboxylic acids is 1. The van der Waals surface area contributed by atoms with E-state index in [1.54, 1.807) is 6.07 Å². The zero-order valence-corrected chi connectivity index (χ0v) is 14.0. The van der Waals surface area contributed by atoms with Crippen LogP contribution in [0.25, 0.3) is 11.3 Å². The minimum absolute atomic E-state index is 0.0486. The third kappa shape index (κ3) is 3.60. The first kappa shape index (κ1) is 16.5. The Morgan fingerprint density at radius 1 is 1.29 bits per heavy atom. The summed E-state index contributed by atoms with van der Waals surface area (Å²) in [5.41, 5.74) is 2.21. The average Bonchev–Trinajstić information content (AvgIpc) is 3.24. The van der Waals surface area contributed by atoms with E-state index in [-0.39, 0.29) is 24.5 Å². The lowest BCUT2D eigenvalue weighted by Crippen LogP contribution is -2.32. The highest BCUT2D eigenvalue weighted by Gasteiger charge is 2.21. The van der Waals surface area contributed by atoms with Crippen molar-refractivity contribution in [3.05, 3.63) is 59.9 Å². The van der Waals surface area contributed by atoms with Gasteiger partial charge in [-0.05, 0) is 36.1 Å². The molecule has 0 spiro atoms. The van der Waals surface area contributed by atoms with Crippen molar-refractivity contribution in [2.75, 3.05) is 6.61 Å². The van der Waals surface area contributed by atoms with E-state index in [0.29, 0.717) is 17.4 Å². The Kier molecular flexibility index (Phi) is 4.86. The molecule has 0 unspecified atom stereocenters. The third-order valence-electron chi connectivity index (χ3n) is 4.39. The summed E-state index contributed by atoms with van der Waals surface area (Å²) < 4.78 is 5.74. The van der Waals surface area contributed by atoms with Crippen LogP contribution in [0.4, 0.5) is 0 Å². The first-order chi connectivity index (χ1) is 11.6. The zero-order chi connectivity index (χ0) is 17.1. The highest BCUT2D eigenvalue weighted by atomic mass is 16.3. The van der Waals surface area contributed by atoms with Crippen LogP contribution in [0.2, 0.25) is 0 Å². The Hall–Kier alpha value is -2.33. The quantitative estimate of drug-likeness (QED) is 0.823. The first-order valence-corrected chi connectivity index (χ1v) is 8.37. The Balaban J connectivity index is 1.70. The Morgan fingerprint density at radius 2 is 2.12 bits per heavy atom. The highest BCUT2D eigenvalue weighted by Crippen LogP contribution is 2.26. The number of nitrogens with one attached hydrogen (secondary N) is 1. The zero-order valence-electron chi connectivity index (χ0n) is 14.0. The van der Waals surface area contributed by atoms with Gasteiger partial charge in [0, 0.05) is 24.1 Å². The van der Waals surface area contributed by atoms with Gasteiger partial charge in [-0.3, -0.25) is 4.79 Å². The number of furan rings is 1. The number of aliphatic hydroxyl groups is 1. The summed E-state index contributed by atoms with van der Waals surface area (Å²) in [7, 11) is 0. The molecule has 1 aromatic heterocycles. The van der Waals surface area contributed by atoms with E-state index in [2.05, 4.69) is 31.3 Å². The van der Waals surface area contributed by atoms with E-state index in [9.17, 15) is 4.79 Å². The van der Waals surface area contributed by atoms with Gasteiger partial charge in [0.15, 0.2) is 5.76 Å². The second-order valence-corrected chi connectivity index (χ2v) is 6.59. The van der Waals surface area contributed by atoms with Crippen LogP contribution < -0.4 is 5.32 Å². The molecule has 1 aliphatic carbocycles. The van der Waals surface area contributed by atoms with Gasteiger partial charge < -0.3 is 14.8 Å². The monoisotopic (exact) mass is 325 g/mol. The summed E-state index contributed by atoms with van der Waals surface area (Å²) in [5.74, 6) is 1.34. The Morgan fingerprint density at radius 3 is 2.83 bits per heavy atom. The van der Waals surface area contributed by atoms with Crippen LogP contribution in [0.3, 0.4) is 0 Å². The molecular formula is C20H23NO3. The molecule has 2 N–H and O–H groups in total. The third-order valence-corrected chi connectivity index (χ3v) is 4.39. The largest absolute Gasteiger partial charge is 0.451 e. The van der Waals surface area contributed by atoms with E-state index < -0.39 is 0 Å². The topological polar surface area (TPSA) is 62.5 Å². The lowest BCUT2D eigenvalue weighted by molar-refractivity contribution is 0.0914. The number of carbonyl (C=O) groups is 1. The van der Waals surface area contributed by atoms with Crippen LogP contribution in [0, 0.1) is 5.92 Å². The Labute approximate surface area is 142 Å². The Bertz CT molecular complexity index is 745. The summed E-state index contributed by atoms with van der Waals surface area (Å²) in [5, 5.41) is 12.1. The number of rotatable bonds is 5. The van der Waals surface area contributed by atoms with Crippen molar-refractivity contribution in [2.24, 2.45) is 5.92 Å². The normalized spacial score (nSPS) is 19.8. The van der Waals surface area contributed by atoms with Crippen molar-refractivity contribution in [3.63, 3.8) is 0 Å². The molecule has 0 bridgehead atoms. The van der Waals surface area contributed by atoms with Crippen LogP contribution in [0.1, 0.15) is 42.3 Å². The molecule has 2 aromatic rings. The summed E-state index contributed by atoms with van der Waals surface area (Å²) in [6.07, 6.45) is 4.59. The molecular weight excluding hydrogens is 302 g/mol. The van der Waals surface area contributed by atoms with Crippen LogP contribution in [0.5, 0.6) is 0 Å². The molecule has 24 heavy (non-hydrogen) atoms. The lowest BCUT2D eigenvalue weighted by Gasteiger charge is -2.11. The summed E-state index contributed by atoms with van der Waals surface area (Å²) in [6.45, 7) is 4.41. The average molecular weight is 325 g/mol. The number of amides is 1. The molecule has 0 saturated heterocycles. The second kappa shape index (κ2) is 7.05. The molecule has 0 radical (unpaired) electrons. The van der Waals surface area contributed by atoms with E-state index in [0.717, 1.165) is 12.0 Å². The van der Waals surface area contributed by atoms with Gasteiger partial charge in [0.1, 0.15) is 5.76 Å². The fourth-order valence-corrected chi connectivity index (χ4v) is 2.92. The molecule has 0 aliphatic heterocycles. The number of aliphatic hydroxyl groups excluding tert-OH is 1. The van der Waals surface area contributed by atoms with Gasteiger partial charge in [-0.15, -0.1) is 0 Å². The van der Waals surface area contributed by atoms with Crippen LogP contribution in [-0.4, -0.2) is 23.7 Å². The van der Waals surface area contributed by atoms with Gasteiger partial charge in [-0.1, -0.05) is 44.2 Å². The van der Waals surface area contributed by atoms with E-state index in [1.165, 1.54) is 5.56 Å². The van der Waals surface area contributed by atoms with Crippen LogP contribution in [-0.2, 0) is 0 Å². The molecule has 4 heteroatoms. The van der Waals surface area contributed by atoms with Crippen LogP contribution in [0.15, 0.2) is 53.0 Å². The number of hydrogen-bond acceptors (Lipinski definition) is 3. The van der Waals surface area contributed by atoms with Crippen LogP contribution >= 0.6 is 0 Å². The smallest absolute Gasteiger partial charge is 0.287 e.